The van der Waals surface area contributed by atoms with Crippen LogP contribution < -0.4 is 5.32 Å². The molecule has 8 heteroatoms. The first-order valence-electron chi connectivity index (χ1n) is 12.4. The van der Waals surface area contributed by atoms with Gasteiger partial charge in [0.2, 0.25) is 0 Å². The molecule has 1 amide bonds. The van der Waals surface area contributed by atoms with Gasteiger partial charge in [0.15, 0.2) is 0 Å². The van der Waals surface area contributed by atoms with Crippen LogP contribution in [0.25, 0.3) is 30.9 Å². The Hall–Kier alpha value is -3.07. The van der Waals surface area contributed by atoms with E-state index < -0.39 is 0 Å². The molecule has 1 aliphatic rings. The van der Waals surface area contributed by atoms with Crippen molar-refractivity contribution in [1.82, 2.24) is 9.88 Å². The van der Waals surface area contributed by atoms with Crippen LogP contribution in [0.2, 0.25) is 5.02 Å². The standard InChI is InChI=1S/C30H22ClN3OS3/c31-26-20-10-4-6-12-22(20)36-27(26)28(35)33-30-25(29-32-21-11-5-7-13-23(21)37-29)19-14-15-34(17-24(19)38-30)16-18-8-2-1-3-9-18/h1-13H,14-17H2,(H,33,35). The number of hydrogen-bond acceptors (Lipinski definition) is 6. The highest BCUT2D eigenvalue weighted by atomic mass is 35.5. The van der Waals surface area contributed by atoms with Gasteiger partial charge in [-0.3, -0.25) is 9.69 Å². The Balaban J connectivity index is 1.27. The van der Waals surface area contributed by atoms with E-state index >= 15 is 0 Å². The molecule has 1 aliphatic heterocycles. The Morgan fingerprint density at radius 2 is 1.68 bits per heavy atom. The van der Waals surface area contributed by atoms with Crippen molar-refractivity contribution in [2.45, 2.75) is 19.5 Å². The van der Waals surface area contributed by atoms with Crippen molar-refractivity contribution >= 4 is 76.8 Å². The van der Waals surface area contributed by atoms with Crippen LogP contribution >= 0.6 is 45.6 Å². The molecule has 0 spiro atoms. The van der Waals surface area contributed by atoms with Gasteiger partial charge in [0.05, 0.1) is 15.2 Å². The Kier molecular flexibility index (Phi) is 6.26. The average Bonchev–Trinajstić information content (AvgIpc) is 3.62. The zero-order chi connectivity index (χ0) is 25.6. The zero-order valence-corrected chi connectivity index (χ0v) is 23.4. The summed E-state index contributed by atoms with van der Waals surface area (Å²) >= 11 is 11.4. The number of thiophene rings is 2. The number of amides is 1. The van der Waals surface area contributed by atoms with E-state index in [0.717, 1.165) is 61.9 Å². The monoisotopic (exact) mass is 571 g/mol. The lowest BCUT2D eigenvalue weighted by atomic mass is 10.0. The van der Waals surface area contributed by atoms with Gasteiger partial charge >= 0.3 is 0 Å². The van der Waals surface area contributed by atoms with Crippen LogP contribution in [0.15, 0.2) is 78.9 Å². The van der Waals surface area contributed by atoms with Crippen LogP contribution in [0, 0.1) is 0 Å². The fraction of sp³-hybridized carbons (Fsp3) is 0.133. The number of halogens is 1. The quantitative estimate of drug-likeness (QED) is 0.225. The highest BCUT2D eigenvalue weighted by Gasteiger charge is 2.29. The second-order valence-electron chi connectivity index (χ2n) is 9.34. The van der Waals surface area contributed by atoms with E-state index in [1.807, 2.05) is 42.5 Å². The molecule has 4 heterocycles. The highest BCUT2D eigenvalue weighted by Crippen LogP contribution is 2.46. The van der Waals surface area contributed by atoms with Gasteiger partial charge in [0.1, 0.15) is 14.9 Å². The second-order valence-corrected chi connectivity index (χ2v) is 12.9. The van der Waals surface area contributed by atoms with E-state index in [0.29, 0.717) is 9.90 Å². The van der Waals surface area contributed by atoms with E-state index in [1.165, 1.54) is 27.3 Å². The lowest BCUT2D eigenvalue weighted by molar-refractivity contribution is 0.103. The number of nitrogens with one attached hydrogen (secondary N) is 1. The normalized spacial score (nSPS) is 13.7. The molecule has 7 rings (SSSR count). The lowest BCUT2D eigenvalue weighted by Gasteiger charge is -2.27. The molecule has 0 unspecified atom stereocenters. The Morgan fingerprint density at radius 1 is 0.921 bits per heavy atom. The largest absolute Gasteiger partial charge is 0.312 e. The SMILES string of the molecule is O=C(Nc1sc2c(c1-c1nc3ccccc3s1)CCN(Cc1ccccc1)C2)c1sc2ccccc2c1Cl. The molecule has 0 atom stereocenters. The smallest absolute Gasteiger partial charge is 0.267 e. The summed E-state index contributed by atoms with van der Waals surface area (Å²) in [5, 5.41) is 6.49. The molecule has 0 fully saturated rings. The summed E-state index contributed by atoms with van der Waals surface area (Å²) in [4.78, 5) is 22.9. The molecule has 0 radical (unpaired) electrons. The number of aromatic nitrogens is 1. The predicted octanol–water partition coefficient (Wildman–Crippen LogP) is 8.70. The molecule has 0 bridgehead atoms. The summed E-state index contributed by atoms with van der Waals surface area (Å²) in [6.07, 6.45) is 0.920. The van der Waals surface area contributed by atoms with Gasteiger partial charge in [-0.15, -0.1) is 34.0 Å². The minimum Gasteiger partial charge on any atom is -0.312 e. The summed E-state index contributed by atoms with van der Waals surface area (Å²) in [6, 6.07) is 26.7. The molecule has 0 saturated heterocycles. The molecule has 3 aromatic heterocycles. The van der Waals surface area contributed by atoms with Crippen molar-refractivity contribution < 1.29 is 4.79 Å². The minimum absolute atomic E-state index is 0.168. The van der Waals surface area contributed by atoms with Crippen molar-refractivity contribution in [3.8, 4) is 10.6 Å². The van der Waals surface area contributed by atoms with Crippen molar-refractivity contribution in [3.63, 3.8) is 0 Å². The number of hydrogen-bond donors (Lipinski definition) is 1. The fourth-order valence-electron chi connectivity index (χ4n) is 5.05. The van der Waals surface area contributed by atoms with E-state index in [9.17, 15) is 4.79 Å². The van der Waals surface area contributed by atoms with Gasteiger partial charge in [-0.2, -0.15) is 0 Å². The van der Waals surface area contributed by atoms with E-state index in [2.05, 4.69) is 46.6 Å². The fourth-order valence-corrected chi connectivity index (χ4v) is 8.85. The first-order valence-corrected chi connectivity index (χ1v) is 15.2. The van der Waals surface area contributed by atoms with Crippen molar-refractivity contribution in [2.75, 3.05) is 11.9 Å². The minimum atomic E-state index is -0.168. The molecule has 38 heavy (non-hydrogen) atoms. The maximum absolute atomic E-state index is 13.6. The molecule has 3 aromatic carbocycles. The first-order chi connectivity index (χ1) is 18.6. The van der Waals surface area contributed by atoms with Crippen LogP contribution in [-0.2, 0) is 19.5 Å². The second kappa shape index (κ2) is 9.91. The topological polar surface area (TPSA) is 45.2 Å². The molecule has 0 saturated carbocycles. The third kappa shape index (κ3) is 4.34. The third-order valence-corrected chi connectivity index (χ3v) is 10.7. The number of para-hydroxylation sites is 1. The Morgan fingerprint density at radius 3 is 2.50 bits per heavy atom. The first kappa shape index (κ1) is 24.0. The summed E-state index contributed by atoms with van der Waals surface area (Å²) in [5.74, 6) is -0.168. The summed E-state index contributed by atoms with van der Waals surface area (Å²) in [6.45, 7) is 2.73. The number of nitrogens with zero attached hydrogens (tertiary/aromatic N) is 2. The predicted molar refractivity (Wildman–Crippen MR) is 162 cm³/mol. The zero-order valence-electron chi connectivity index (χ0n) is 20.2. The van der Waals surface area contributed by atoms with Gasteiger partial charge in [-0.1, -0.05) is 72.3 Å². The highest BCUT2D eigenvalue weighted by molar-refractivity contribution is 7.23. The maximum atomic E-state index is 13.6. The number of rotatable bonds is 5. The van der Waals surface area contributed by atoms with Crippen LogP contribution in [0.3, 0.4) is 0 Å². The van der Waals surface area contributed by atoms with Crippen molar-refractivity contribution in [3.05, 3.63) is 105 Å². The number of thiazole rings is 1. The number of carbonyl (C=O) groups is 1. The summed E-state index contributed by atoms with van der Waals surface area (Å²) in [5.41, 5.74) is 4.66. The number of fused-ring (bicyclic) bond motifs is 3. The van der Waals surface area contributed by atoms with Crippen LogP contribution in [0.5, 0.6) is 0 Å². The Bertz CT molecular complexity index is 1770. The van der Waals surface area contributed by atoms with Gasteiger partial charge < -0.3 is 5.32 Å². The molecule has 4 nitrogen and oxygen atoms in total. The summed E-state index contributed by atoms with van der Waals surface area (Å²) < 4.78 is 2.16. The van der Waals surface area contributed by atoms with Crippen LogP contribution in [-0.4, -0.2) is 22.3 Å². The molecule has 0 aliphatic carbocycles. The van der Waals surface area contributed by atoms with E-state index in [-0.39, 0.29) is 5.91 Å². The Labute approximate surface area is 237 Å². The van der Waals surface area contributed by atoms with Crippen LogP contribution in [0.4, 0.5) is 5.00 Å². The molecular weight excluding hydrogens is 550 g/mol. The van der Waals surface area contributed by atoms with Crippen LogP contribution in [0.1, 0.15) is 25.7 Å². The van der Waals surface area contributed by atoms with Gasteiger partial charge in [-0.05, 0) is 35.7 Å². The number of anilines is 1. The van der Waals surface area contributed by atoms with Crippen molar-refractivity contribution in [1.29, 1.82) is 0 Å². The van der Waals surface area contributed by atoms with Gasteiger partial charge in [0.25, 0.3) is 5.91 Å². The maximum Gasteiger partial charge on any atom is 0.267 e. The van der Waals surface area contributed by atoms with E-state index in [1.54, 1.807) is 22.7 Å². The number of carbonyl (C=O) groups excluding carboxylic acids is 1. The average molecular weight is 572 g/mol. The third-order valence-electron chi connectivity index (χ3n) is 6.86. The lowest BCUT2D eigenvalue weighted by Crippen LogP contribution is -2.29. The molecule has 6 aromatic rings. The number of benzene rings is 3. The van der Waals surface area contributed by atoms with Gasteiger partial charge in [-0.25, -0.2) is 4.98 Å². The summed E-state index contributed by atoms with van der Waals surface area (Å²) in [7, 11) is 0. The van der Waals surface area contributed by atoms with Crippen molar-refractivity contribution in [2.24, 2.45) is 0 Å². The van der Waals surface area contributed by atoms with E-state index in [4.69, 9.17) is 16.6 Å². The molecule has 1 N–H and O–H groups in total. The molecule has 188 valence electrons. The molecular formula is C30H22ClN3OS3. The van der Waals surface area contributed by atoms with Gasteiger partial charge in [0, 0.05) is 40.2 Å².